The quantitative estimate of drug-likeness (QED) is 0.755. The minimum Gasteiger partial charge on any atom is -0.303 e. The zero-order valence-corrected chi connectivity index (χ0v) is 11.2. The van der Waals surface area contributed by atoms with Gasteiger partial charge < -0.3 is 4.90 Å². The molecule has 1 aromatic rings. The lowest BCUT2D eigenvalue weighted by Gasteiger charge is -2.33. The van der Waals surface area contributed by atoms with E-state index >= 15 is 0 Å². The predicted molar refractivity (Wildman–Crippen MR) is 74.4 cm³/mol. The molecule has 0 spiro atoms. The molecule has 1 aliphatic rings. The van der Waals surface area contributed by atoms with Crippen molar-refractivity contribution in [3.63, 3.8) is 0 Å². The fourth-order valence-corrected chi connectivity index (χ4v) is 2.99. The fourth-order valence-electron chi connectivity index (χ4n) is 2.99. The second kappa shape index (κ2) is 6.20. The van der Waals surface area contributed by atoms with E-state index in [9.17, 15) is 0 Å². The van der Waals surface area contributed by atoms with Gasteiger partial charge in [-0.25, -0.2) is 0 Å². The number of rotatable bonds is 4. The molecule has 0 N–H and O–H groups in total. The molecule has 0 amide bonds. The maximum atomic E-state index is 2.58. The molecule has 1 unspecified atom stereocenters. The second-order valence-electron chi connectivity index (χ2n) is 5.54. The van der Waals surface area contributed by atoms with Gasteiger partial charge in [0, 0.05) is 12.6 Å². The van der Waals surface area contributed by atoms with Gasteiger partial charge in [-0.2, -0.15) is 0 Å². The lowest BCUT2D eigenvalue weighted by Crippen LogP contribution is -2.35. The average molecular weight is 231 g/mol. The van der Waals surface area contributed by atoms with E-state index in [0.717, 1.165) is 6.04 Å². The Morgan fingerprint density at radius 3 is 2.41 bits per heavy atom. The summed E-state index contributed by atoms with van der Waals surface area (Å²) in [5.74, 6) is 0.642. The maximum Gasteiger partial charge on any atom is 0.00924 e. The zero-order valence-electron chi connectivity index (χ0n) is 11.2. The van der Waals surface area contributed by atoms with Gasteiger partial charge >= 0.3 is 0 Å². The summed E-state index contributed by atoms with van der Waals surface area (Å²) < 4.78 is 0. The Balaban J connectivity index is 1.87. The van der Waals surface area contributed by atoms with Crippen molar-refractivity contribution in [2.75, 3.05) is 13.6 Å². The van der Waals surface area contributed by atoms with Crippen LogP contribution >= 0.6 is 0 Å². The molecular weight excluding hydrogens is 206 g/mol. The molecule has 1 saturated carbocycles. The first-order valence-electron chi connectivity index (χ1n) is 7.02. The van der Waals surface area contributed by atoms with Crippen LogP contribution in [0.5, 0.6) is 0 Å². The van der Waals surface area contributed by atoms with E-state index in [1.807, 2.05) is 0 Å². The van der Waals surface area contributed by atoms with Crippen LogP contribution in [0, 0.1) is 0 Å². The Morgan fingerprint density at radius 1 is 1.12 bits per heavy atom. The number of benzene rings is 1. The van der Waals surface area contributed by atoms with Gasteiger partial charge in [-0.05, 0) is 31.4 Å². The Hall–Kier alpha value is -0.820. The molecule has 2 rings (SSSR count). The van der Waals surface area contributed by atoms with E-state index in [2.05, 4.69) is 49.2 Å². The van der Waals surface area contributed by atoms with Crippen molar-refractivity contribution in [1.29, 1.82) is 0 Å². The molecule has 0 aliphatic heterocycles. The molecular formula is C16H25N. The first kappa shape index (κ1) is 12.6. The molecule has 1 fully saturated rings. The number of nitrogens with zero attached hydrogens (tertiary/aromatic N) is 1. The minimum absolute atomic E-state index is 0.642. The minimum atomic E-state index is 0.642. The molecule has 0 heterocycles. The average Bonchev–Trinajstić information content (AvgIpc) is 2.40. The van der Waals surface area contributed by atoms with Crippen LogP contribution in [-0.4, -0.2) is 24.5 Å². The number of hydrogen-bond acceptors (Lipinski definition) is 1. The SMILES string of the molecule is CC(CN(C)C1CCCCC1)c1ccccc1. The van der Waals surface area contributed by atoms with Crippen LogP contribution in [0.4, 0.5) is 0 Å². The van der Waals surface area contributed by atoms with Gasteiger partial charge in [0.1, 0.15) is 0 Å². The summed E-state index contributed by atoms with van der Waals surface area (Å²) in [5, 5.41) is 0. The van der Waals surface area contributed by atoms with Crippen LogP contribution in [0.15, 0.2) is 30.3 Å². The van der Waals surface area contributed by atoms with Gasteiger partial charge in [0.15, 0.2) is 0 Å². The first-order chi connectivity index (χ1) is 8.27. The van der Waals surface area contributed by atoms with Gasteiger partial charge in [-0.3, -0.25) is 0 Å². The van der Waals surface area contributed by atoms with Crippen molar-refractivity contribution in [3.05, 3.63) is 35.9 Å². The first-order valence-corrected chi connectivity index (χ1v) is 7.02. The normalized spacial score (nSPS) is 19.5. The summed E-state index contributed by atoms with van der Waals surface area (Å²) in [6, 6.07) is 11.7. The van der Waals surface area contributed by atoms with Crippen LogP contribution in [-0.2, 0) is 0 Å². The third kappa shape index (κ3) is 3.57. The van der Waals surface area contributed by atoms with Crippen molar-refractivity contribution >= 4 is 0 Å². The van der Waals surface area contributed by atoms with E-state index < -0.39 is 0 Å². The summed E-state index contributed by atoms with van der Waals surface area (Å²) in [6.45, 7) is 3.53. The molecule has 1 atom stereocenters. The highest BCUT2D eigenvalue weighted by Crippen LogP contribution is 2.24. The molecule has 94 valence electrons. The Bertz CT molecular complexity index is 314. The highest BCUT2D eigenvalue weighted by Gasteiger charge is 2.19. The molecule has 1 heteroatoms. The highest BCUT2D eigenvalue weighted by atomic mass is 15.1. The van der Waals surface area contributed by atoms with Crippen LogP contribution in [0.3, 0.4) is 0 Å². The van der Waals surface area contributed by atoms with E-state index in [0.29, 0.717) is 5.92 Å². The molecule has 1 aromatic carbocycles. The third-order valence-electron chi connectivity index (χ3n) is 4.13. The Kier molecular flexibility index (Phi) is 4.61. The summed E-state index contributed by atoms with van der Waals surface area (Å²) in [6.07, 6.45) is 7.10. The van der Waals surface area contributed by atoms with Crippen LogP contribution in [0.25, 0.3) is 0 Å². The smallest absolute Gasteiger partial charge is 0.00924 e. The molecule has 0 aromatic heterocycles. The predicted octanol–water partition coefficient (Wildman–Crippen LogP) is 4.05. The van der Waals surface area contributed by atoms with E-state index in [1.165, 1.54) is 44.2 Å². The maximum absolute atomic E-state index is 2.58. The van der Waals surface area contributed by atoms with Crippen molar-refractivity contribution < 1.29 is 0 Å². The Morgan fingerprint density at radius 2 is 1.76 bits per heavy atom. The van der Waals surface area contributed by atoms with E-state index in [4.69, 9.17) is 0 Å². The van der Waals surface area contributed by atoms with Gasteiger partial charge in [0.25, 0.3) is 0 Å². The van der Waals surface area contributed by atoms with Crippen molar-refractivity contribution in [1.82, 2.24) is 4.90 Å². The van der Waals surface area contributed by atoms with Gasteiger partial charge in [0.05, 0.1) is 0 Å². The largest absolute Gasteiger partial charge is 0.303 e. The standard InChI is InChI=1S/C16H25N/c1-14(15-9-5-3-6-10-15)13-17(2)16-11-7-4-8-12-16/h3,5-6,9-10,14,16H,4,7-8,11-13H2,1-2H3. The molecule has 17 heavy (non-hydrogen) atoms. The van der Waals surface area contributed by atoms with Gasteiger partial charge in [-0.1, -0.05) is 56.5 Å². The summed E-state index contributed by atoms with van der Waals surface area (Å²) in [7, 11) is 2.30. The molecule has 0 bridgehead atoms. The molecule has 1 nitrogen and oxygen atoms in total. The third-order valence-corrected chi connectivity index (χ3v) is 4.13. The second-order valence-corrected chi connectivity index (χ2v) is 5.54. The van der Waals surface area contributed by atoms with Gasteiger partial charge in [0.2, 0.25) is 0 Å². The van der Waals surface area contributed by atoms with Crippen molar-refractivity contribution in [2.45, 2.75) is 51.0 Å². The van der Waals surface area contributed by atoms with Crippen LogP contribution < -0.4 is 0 Å². The highest BCUT2D eigenvalue weighted by molar-refractivity contribution is 5.19. The zero-order chi connectivity index (χ0) is 12.1. The number of likely N-dealkylation sites (N-methyl/N-ethyl adjacent to an activating group) is 1. The van der Waals surface area contributed by atoms with Crippen molar-refractivity contribution in [3.8, 4) is 0 Å². The van der Waals surface area contributed by atoms with Crippen LogP contribution in [0.1, 0.15) is 50.5 Å². The Labute approximate surface area is 106 Å². The summed E-state index contributed by atoms with van der Waals surface area (Å²) in [5.41, 5.74) is 1.47. The fraction of sp³-hybridized carbons (Fsp3) is 0.625. The lowest BCUT2D eigenvalue weighted by atomic mass is 9.93. The summed E-state index contributed by atoms with van der Waals surface area (Å²) >= 11 is 0. The van der Waals surface area contributed by atoms with E-state index in [1.54, 1.807) is 0 Å². The van der Waals surface area contributed by atoms with Gasteiger partial charge in [-0.15, -0.1) is 0 Å². The monoisotopic (exact) mass is 231 g/mol. The van der Waals surface area contributed by atoms with Crippen LogP contribution in [0.2, 0.25) is 0 Å². The molecule has 0 saturated heterocycles. The summed E-state index contributed by atoms with van der Waals surface area (Å²) in [4.78, 5) is 2.58. The molecule has 0 radical (unpaired) electrons. The van der Waals surface area contributed by atoms with E-state index in [-0.39, 0.29) is 0 Å². The molecule has 1 aliphatic carbocycles. The van der Waals surface area contributed by atoms with Crippen molar-refractivity contribution in [2.24, 2.45) is 0 Å². The topological polar surface area (TPSA) is 3.24 Å². The lowest BCUT2D eigenvalue weighted by molar-refractivity contribution is 0.184. The number of hydrogen-bond donors (Lipinski definition) is 0.